The highest BCUT2D eigenvalue weighted by molar-refractivity contribution is 5.38. The van der Waals surface area contributed by atoms with E-state index in [2.05, 4.69) is 35.0 Å². The predicted molar refractivity (Wildman–Crippen MR) is 58.7 cm³/mol. The summed E-state index contributed by atoms with van der Waals surface area (Å²) in [5.41, 5.74) is 16.6. The summed E-state index contributed by atoms with van der Waals surface area (Å²) >= 11 is 0. The minimum absolute atomic E-state index is 0.160. The number of hydrogen-bond donors (Lipinski definition) is 2. The largest absolute Gasteiger partial charge is 0.351 e. The molecule has 1 rings (SSSR count). The Morgan fingerprint density at radius 1 is 1.17 bits per heavy atom. The van der Waals surface area contributed by atoms with Crippen molar-refractivity contribution in [3.05, 3.63) is 20.9 Å². The van der Waals surface area contributed by atoms with Crippen LogP contribution in [0.4, 0.5) is 17.8 Å². The molecule has 12 nitrogen and oxygen atoms in total. The lowest BCUT2D eigenvalue weighted by molar-refractivity contribution is -0.0411. The van der Waals surface area contributed by atoms with Crippen LogP contribution in [0.25, 0.3) is 20.9 Å². The summed E-state index contributed by atoms with van der Waals surface area (Å²) in [6, 6.07) is 0. The van der Waals surface area contributed by atoms with E-state index in [1.54, 1.807) is 6.92 Å². The van der Waals surface area contributed by atoms with Crippen LogP contribution in [0, 0.1) is 0 Å². The SMILES string of the molecule is CCN(c1nc(N=[N+]=[N-])nc(N=[N+]=[N-])n1)C(O)O. The molecule has 0 aliphatic heterocycles. The van der Waals surface area contributed by atoms with Gasteiger partial charge in [-0.15, -0.1) is 0 Å². The number of aromatic nitrogens is 3. The van der Waals surface area contributed by atoms with Gasteiger partial charge in [-0.05, 0) is 28.2 Å². The molecule has 0 saturated heterocycles. The van der Waals surface area contributed by atoms with Crippen LogP contribution >= 0.6 is 0 Å². The highest BCUT2D eigenvalue weighted by Crippen LogP contribution is 2.18. The third-order valence-corrected chi connectivity index (χ3v) is 1.74. The summed E-state index contributed by atoms with van der Waals surface area (Å²) in [6.45, 7) is 1.77. The molecule has 0 bridgehead atoms. The van der Waals surface area contributed by atoms with Gasteiger partial charge in [0.15, 0.2) is 0 Å². The maximum absolute atomic E-state index is 9.08. The maximum Gasteiger partial charge on any atom is 0.237 e. The standard InChI is InChI=1S/C6H8N10O2/c1-2-16(6(17)18)5-10-3(12-14-7)9-4(11-5)13-15-8/h6,17-18H,2H2,1H3. The van der Waals surface area contributed by atoms with Crippen molar-refractivity contribution in [2.24, 2.45) is 10.2 Å². The highest BCUT2D eigenvalue weighted by Gasteiger charge is 2.16. The van der Waals surface area contributed by atoms with E-state index in [0.717, 1.165) is 4.90 Å². The van der Waals surface area contributed by atoms with Crippen LogP contribution in [-0.2, 0) is 0 Å². The number of nitrogens with zero attached hydrogens (tertiary/aromatic N) is 10. The molecule has 94 valence electrons. The van der Waals surface area contributed by atoms with Crippen molar-refractivity contribution in [3.63, 3.8) is 0 Å². The molecule has 1 aromatic rings. The van der Waals surface area contributed by atoms with Gasteiger partial charge in [0.05, 0.1) is 0 Å². The fourth-order valence-corrected chi connectivity index (χ4v) is 1.05. The summed E-state index contributed by atoms with van der Waals surface area (Å²) < 4.78 is 0. The predicted octanol–water partition coefficient (Wildman–Crippen LogP) is 0.850. The first kappa shape index (κ1) is 13.4. The topological polar surface area (TPSA) is 180 Å². The molecule has 0 saturated carbocycles. The lowest BCUT2D eigenvalue weighted by Gasteiger charge is -2.22. The number of rotatable bonds is 5. The van der Waals surface area contributed by atoms with Crippen molar-refractivity contribution in [2.45, 2.75) is 13.3 Å². The Labute approximate surface area is 99.8 Å². The first-order chi connectivity index (χ1) is 8.62. The Morgan fingerprint density at radius 3 is 2.00 bits per heavy atom. The van der Waals surface area contributed by atoms with E-state index in [1.807, 2.05) is 0 Å². The van der Waals surface area contributed by atoms with Gasteiger partial charge in [0.25, 0.3) is 0 Å². The van der Waals surface area contributed by atoms with Gasteiger partial charge in [-0.3, -0.25) is 4.90 Å². The molecule has 1 aromatic heterocycles. The van der Waals surface area contributed by atoms with E-state index < -0.39 is 6.41 Å². The first-order valence-electron chi connectivity index (χ1n) is 4.61. The molecular weight excluding hydrogens is 244 g/mol. The second kappa shape index (κ2) is 6.18. The van der Waals surface area contributed by atoms with Crippen molar-refractivity contribution >= 4 is 17.8 Å². The zero-order chi connectivity index (χ0) is 13.5. The van der Waals surface area contributed by atoms with Crippen molar-refractivity contribution in [1.82, 2.24) is 15.0 Å². The van der Waals surface area contributed by atoms with E-state index >= 15 is 0 Å². The molecule has 0 atom stereocenters. The zero-order valence-corrected chi connectivity index (χ0v) is 9.15. The van der Waals surface area contributed by atoms with Gasteiger partial charge >= 0.3 is 0 Å². The molecule has 0 aromatic carbocycles. The Balaban J connectivity index is 3.33. The van der Waals surface area contributed by atoms with E-state index in [-0.39, 0.29) is 24.4 Å². The molecule has 2 N–H and O–H groups in total. The molecule has 0 amide bonds. The molecular formula is C6H8N10O2. The molecule has 0 fully saturated rings. The zero-order valence-electron chi connectivity index (χ0n) is 9.15. The quantitative estimate of drug-likeness (QED) is 0.339. The lowest BCUT2D eigenvalue weighted by Crippen LogP contribution is -2.36. The van der Waals surface area contributed by atoms with Crippen molar-refractivity contribution in [1.29, 1.82) is 0 Å². The van der Waals surface area contributed by atoms with Crippen molar-refractivity contribution in [3.8, 4) is 0 Å². The summed E-state index contributed by atoms with van der Waals surface area (Å²) in [5, 5.41) is 24.4. The summed E-state index contributed by atoms with van der Waals surface area (Å²) in [5.74, 6) is -0.875. The summed E-state index contributed by atoms with van der Waals surface area (Å²) in [7, 11) is 0. The third-order valence-electron chi connectivity index (χ3n) is 1.74. The minimum atomic E-state index is -1.85. The van der Waals surface area contributed by atoms with Crippen LogP contribution < -0.4 is 4.90 Å². The number of hydrogen-bond acceptors (Lipinski definition) is 8. The van der Waals surface area contributed by atoms with Crippen LogP contribution in [0.2, 0.25) is 0 Å². The Bertz CT molecular complexity index is 481. The number of azide groups is 2. The molecule has 0 aliphatic carbocycles. The van der Waals surface area contributed by atoms with E-state index in [1.165, 1.54) is 0 Å². The van der Waals surface area contributed by atoms with Crippen LogP contribution in [0.1, 0.15) is 6.92 Å². The second-order valence-corrected chi connectivity index (χ2v) is 2.75. The fraction of sp³-hybridized carbons (Fsp3) is 0.500. The van der Waals surface area contributed by atoms with Gasteiger partial charge in [-0.1, -0.05) is 0 Å². The van der Waals surface area contributed by atoms with E-state index in [4.69, 9.17) is 21.3 Å². The van der Waals surface area contributed by atoms with Gasteiger partial charge in [-0.25, -0.2) is 4.98 Å². The number of aliphatic hydroxyl groups is 2. The fourth-order valence-electron chi connectivity index (χ4n) is 1.05. The normalized spacial score (nSPS) is 9.56. The molecule has 0 radical (unpaired) electrons. The number of aliphatic hydroxyl groups excluding tert-OH is 1. The van der Waals surface area contributed by atoms with E-state index in [0.29, 0.717) is 0 Å². The Hall–Kier alpha value is -2.65. The summed E-state index contributed by atoms with van der Waals surface area (Å²) in [6.07, 6.45) is -1.85. The van der Waals surface area contributed by atoms with Gasteiger partial charge in [0.1, 0.15) is 0 Å². The first-order valence-corrected chi connectivity index (χ1v) is 4.61. The van der Waals surface area contributed by atoms with Crippen molar-refractivity contribution < 1.29 is 10.2 Å². The lowest BCUT2D eigenvalue weighted by atomic mass is 10.6. The highest BCUT2D eigenvalue weighted by atomic mass is 16.5. The van der Waals surface area contributed by atoms with E-state index in [9.17, 15) is 0 Å². The third kappa shape index (κ3) is 3.17. The average Bonchev–Trinajstić information content (AvgIpc) is 2.30. The summed E-state index contributed by atoms with van der Waals surface area (Å²) in [4.78, 5) is 16.8. The Morgan fingerprint density at radius 2 is 1.67 bits per heavy atom. The molecule has 18 heavy (non-hydrogen) atoms. The van der Waals surface area contributed by atoms with Gasteiger partial charge in [-0.2, -0.15) is 9.97 Å². The van der Waals surface area contributed by atoms with Crippen LogP contribution in [0.15, 0.2) is 10.2 Å². The number of anilines is 1. The monoisotopic (exact) mass is 252 g/mol. The Kier molecular flexibility index (Phi) is 4.60. The molecule has 0 aliphatic rings. The maximum atomic E-state index is 9.08. The molecule has 1 heterocycles. The molecule has 12 heteroatoms. The van der Waals surface area contributed by atoms with Crippen LogP contribution in [-0.4, -0.2) is 38.1 Å². The molecule has 0 spiro atoms. The van der Waals surface area contributed by atoms with Crippen LogP contribution in [0.5, 0.6) is 0 Å². The smallest absolute Gasteiger partial charge is 0.237 e. The minimum Gasteiger partial charge on any atom is -0.351 e. The van der Waals surface area contributed by atoms with Gasteiger partial charge in [0.2, 0.25) is 24.3 Å². The van der Waals surface area contributed by atoms with Gasteiger partial charge < -0.3 is 10.2 Å². The average molecular weight is 252 g/mol. The van der Waals surface area contributed by atoms with Crippen LogP contribution in [0.3, 0.4) is 0 Å². The molecule has 0 unspecified atom stereocenters. The second-order valence-electron chi connectivity index (χ2n) is 2.75. The van der Waals surface area contributed by atoms with Gasteiger partial charge in [0, 0.05) is 16.4 Å². The van der Waals surface area contributed by atoms with Crippen molar-refractivity contribution in [2.75, 3.05) is 11.4 Å².